The summed E-state index contributed by atoms with van der Waals surface area (Å²) in [6.07, 6.45) is 0.970. The van der Waals surface area contributed by atoms with Crippen LogP contribution in [0, 0.1) is 13.8 Å². The Morgan fingerprint density at radius 1 is 0.636 bits per heavy atom. The van der Waals surface area contributed by atoms with Crippen LogP contribution in [0.15, 0.2) is 66.7 Å². The average Bonchev–Trinajstić information content (AvgIpc) is 2.56. The van der Waals surface area contributed by atoms with E-state index in [9.17, 15) is 0 Å². The largest absolute Gasteiger partial charge is 0.133 e. The Morgan fingerprint density at radius 3 is 1.68 bits per heavy atom. The van der Waals surface area contributed by atoms with Crippen LogP contribution in [0.25, 0.3) is 22.3 Å². The molecule has 0 radical (unpaired) electrons. The molecule has 0 spiro atoms. The van der Waals surface area contributed by atoms with Gasteiger partial charge >= 0.3 is 0 Å². The number of benzene rings is 3. The van der Waals surface area contributed by atoms with Crippen molar-refractivity contribution in [1.82, 2.24) is 0 Å². The molecule has 0 nitrogen and oxygen atoms in total. The van der Waals surface area contributed by atoms with Crippen LogP contribution < -0.4 is 0 Å². The summed E-state index contributed by atoms with van der Waals surface area (Å²) in [5, 5.41) is 0. The third kappa shape index (κ3) is 3.13. The van der Waals surface area contributed by atoms with Gasteiger partial charge in [-0.25, -0.2) is 0 Å². The smallest absolute Gasteiger partial charge is 0.0122 e. The second-order valence-electron chi connectivity index (χ2n) is 5.81. The van der Waals surface area contributed by atoms with E-state index in [1.807, 2.05) is 0 Å². The molecule has 1 heteroatoms. The lowest BCUT2D eigenvalue weighted by Gasteiger charge is -2.12. The Kier molecular flexibility index (Phi) is 4.41. The zero-order valence-corrected chi connectivity index (χ0v) is 14.3. The Balaban J connectivity index is 2.10. The number of aryl methyl sites for hydroxylation is 2. The molecular formula is C21H21P. The first kappa shape index (κ1) is 15.0. The SMILES string of the molecule is Cc1ccc(-c2ccc(CP)c(-c3ccc(C)cc3)c2)cc1. The highest BCUT2D eigenvalue weighted by Crippen LogP contribution is 2.31. The van der Waals surface area contributed by atoms with Crippen molar-refractivity contribution in [3.05, 3.63) is 83.4 Å². The normalized spacial score (nSPS) is 10.7. The minimum Gasteiger partial charge on any atom is -0.133 e. The molecule has 0 bridgehead atoms. The molecule has 0 heterocycles. The van der Waals surface area contributed by atoms with E-state index in [-0.39, 0.29) is 0 Å². The zero-order chi connectivity index (χ0) is 15.5. The van der Waals surface area contributed by atoms with E-state index >= 15 is 0 Å². The molecule has 3 aromatic carbocycles. The highest BCUT2D eigenvalue weighted by molar-refractivity contribution is 7.15. The van der Waals surface area contributed by atoms with Gasteiger partial charge in [0.2, 0.25) is 0 Å². The van der Waals surface area contributed by atoms with Crippen molar-refractivity contribution in [3.63, 3.8) is 0 Å². The molecule has 110 valence electrons. The van der Waals surface area contributed by atoms with Gasteiger partial charge in [-0.05, 0) is 53.9 Å². The molecule has 3 aromatic rings. The summed E-state index contributed by atoms with van der Waals surface area (Å²) in [6.45, 7) is 4.25. The quantitative estimate of drug-likeness (QED) is 0.520. The lowest BCUT2D eigenvalue weighted by atomic mass is 9.94. The van der Waals surface area contributed by atoms with Crippen molar-refractivity contribution in [2.45, 2.75) is 20.0 Å². The predicted molar refractivity (Wildman–Crippen MR) is 100 cm³/mol. The molecule has 22 heavy (non-hydrogen) atoms. The summed E-state index contributed by atoms with van der Waals surface area (Å²) < 4.78 is 0. The summed E-state index contributed by atoms with van der Waals surface area (Å²) in [5.41, 5.74) is 9.12. The summed E-state index contributed by atoms with van der Waals surface area (Å²) in [7, 11) is 2.84. The minimum absolute atomic E-state index is 0.970. The van der Waals surface area contributed by atoms with E-state index in [0.29, 0.717) is 0 Å². The summed E-state index contributed by atoms with van der Waals surface area (Å²) >= 11 is 0. The second kappa shape index (κ2) is 6.46. The molecule has 0 aliphatic rings. The fourth-order valence-electron chi connectivity index (χ4n) is 2.68. The van der Waals surface area contributed by atoms with Crippen LogP contribution >= 0.6 is 9.24 Å². The Morgan fingerprint density at radius 2 is 1.14 bits per heavy atom. The van der Waals surface area contributed by atoms with Gasteiger partial charge in [0.05, 0.1) is 0 Å². The Hall–Kier alpha value is -1.91. The molecule has 0 aliphatic heterocycles. The van der Waals surface area contributed by atoms with Gasteiger partial charge in [0.1, 0.15) is 0 Å². The first-order valence-electron chi connectivity index (χ1n) is 7.64. The lowest BCUT2D eigenvalue weighted by Crippen LogP contribution is -1.89. The first-order chi connectivity index (χ1) is 10.7. The Labute approximate surface area is 135 Å². The number of rotatable bonds is 3. The van der Waals surface area contributed by atoms with Gasteiger partial charge in [0, 0.05) is 0 Å². The third-order valence-corrected chi connectivity index (χ3v) is 4.52. The molecule has 0 aromatic heterocycles. The summed E-state index contributed by atoms with van der Waals surface area (Å²) in [5.74, 6) is 0. The van der Waals surface area contributed by atoms with Crippen molar-refractivity contribution in [1.29, 1.82) is 0 Å². The topological polar surface area (TPSA) is 0 Å². The van der Waals surface area contributed by atoms with Gasteiger partial charge < -0.3 is 0 Å². The van der Waals surface area contributed by atoms with Crippen LogP contribution in [-0.4, -0.2) is 0 Å². The molecule has 1 unspecified atom stereocenters. The van der Waals surface area contributed by atoms with Gasteiger partial charge in [-0.15, -0.1) is 9.24 Å². The van der Waals surface area contributed by atoms with E-state index in [1.54, 1.807) is 0 Å². The van der Waals surface area contributed by atoms with Crippen molar-refractivity contribution < 1.29 is 0 Å². The van der Waals surface area contributed by atoms with Crippen LogP contribution in [0.4, 0.5) is 0 Å². The number of hydrogen-bond acceptors (Lipinski definition) is 0. The summed E-state index contributed by atoms with van der Waals surface area (Å²) in [4.78, 5) is 0. The standard InChI is InChI=1S/C21H21P/c1-15-3-7-17(8-4-15)19-11-12-20(14-22)21(13-19)18-9-5-16(2)6-10-18/h3-13H,14,22H2,1-2H3. The van der Waals surface area contributed by atoms with Crippen molar-refractivity contribution in [2.24, 2.45) is 0 Å². The minimum atomic E-state index is 0.970. The van der Waals surface area contributed by atoms with E-state index in [1.165, 1.54) is 38.9 Å². The van der Waals surface area contributed by atoms with Gasteiger partial charge in [0.15, 0.2) is 0 Å². The van der Waals surface area contributed by atoms with Gasteiger partial charge in [0.25, 0.3) is 0 Å². The first-order valence-corrected chi connectivity index (χ1v) is 8.46. The molecule has 0 saturated carbocycles. The molecule has 0 fully saturated rings. The van der Waals surface area contributed by atoms with Crippen LogP contribution in [0.5, 0.6) is 0 Å². The van der Waals surface area contributed by atoms with Crippen molar-refractivity contribution >= 4 is 9.24 Å². The molecule has 0 saturated heterocycles. The fraction of sp³-hybridized carbons (Fsp3) is 0.143. The molecular weight excluding hydrogens is 283 g/mol. The average molecular weight is 304 g/mol. The monoisotopic (exact) mass is 304 g/mol. The maximum atomic E-state index is 2.84. The summed E-state index contributed by atoms with van der Waals surface area (Å²) in [6, 6.07) is 24.3. The molecule has 0 amide bonds. The van der Waals surface area contributed by atoms with Crippen molar-refractivity contribution in [2.75, 3.05) is 0 Å². The highest BCUT2D eigenvalue weighted by Gasteiger charge is 2.07. The molecule has 0 aliphatic carbocycles. The predicted octanol–water partition coefficient (Wildman–Crippen LogP) is 6.01. The maximum Gasteiger partial charge on any atom is -0.0122 e. The van der Waals surface area contributed by atoms with Gasteiger partial charge in [-0.2, -0.15) is 0 Å². The van der Waals surface area contributed by atoms with E-state index in [0.717, 1.165) is 6.16 Å². The third-order valence-electron chi connectivity index (χ3n) is 4.08. The van der Waals surface area contributed by atoms with E-state index < -0.39 is 0 Å². The van der Waals surface area contributed by atoms with Crippen LogP contribution in [0.3, 0.4) is 0 Å². The Bertz CT molecular complexity index is 768. The highest BCUT2D eigenvalue weighted by atomic mass is 31.0. The molecule has 0 N–H and O–H groups in total. The fourth-order valence-corrected chi connectivity index (χ4v) is 3.04. The van der Waals surface area contributed by atoms with Gasteiger partial charge in [-0.3, -0.25) is 0 Å². The molecule has 1 atom stereocenters. The number of hydrogen-bond donors (Lipinski definition) is 0. The van der Waals surface area contributed by atoms with Crippen molar-refractivity contribution in [3.8, 4) is 22.3 Å². The second-order valence-corrected chi connectivity index (χ2v) is 6.22. The van der Waals surface area contributed by atoms with Crippen LogP contribution in [0.2, 0.25) is 0 Å². The lowest BCUT2D eigenvalue weighted by molar-refractivity contribution is 1.39. The maximum absolute atomic E-state index is 2.84. The van der Waals surface area contributed by atoms with Gasteiger partial charge in [-0.1, -0.05) is 71.8 Å². The van der Waals surface area contributed by atoms with Crippen LogP contribution in [-0.2, 0) is 6.16 Å². The van der Waals surface area contributed by atoms with E-state index in [4.69, 9.17) is 0 Å². The van der Waals surface area contributed by atoms with Crippen LogP contribution in [0.1, 0.15) is 16.7 Å². The zero-order valence-electron chi connectivity index (χ0n) is 13.1. The van der Waals surface area contributed by atoms with E-state index in [2.05, 4.69) is 89.8 Å². The molecule has 3 rings (SSSR count).